The molecule has 13 heavy (non-hydrogen) atoms. The molecule has 70 valence electrons. The van der Waals surface area contributed by atoms with Crippen molar-refractivity contribution in [2.75, 3.05) is 7.11 Å². The molecule has 0 aliphatic rings. The van der Waals surface area contributed by atoms with Crippen LogP contribution in [0.2, 0.25) is 0 Å². The highest BCUT2D eigenvalue weighted by atomic mass is 16.5. The van der Waals surface area contributed by atoms with Crippen LogP contribution in [0.3, 0.4) is 0 Å². The number of carbonyl (C=O) groups excluding carboxylic acids is 1. The van der Waals surface area contributed by atoms with Gasteiger partial charge in [0.2, 0.25) is 0 Å². The molecule has 0 unspecified atom stereocenters. The van der Waals surface area contributed by atoms with Gasteiger partial charge in [0, 0.05) is 18.8 Å². The molecule has 0 saturated heterocycles. The van der Waals surface area contributed by atoms with Gasteiger partial charge in [-0.25, -0.2) is 4.79 Å². The fraction of sp³-hybridized carbons (Fsp3) is 0.333. The first-order valence-electron chi connectivity index (χ1n) is 3.89. The highest BCUT2D eigenvalue weighted by Gasteiger charge is 2.15. The van der Waals surface area contributed by atoms with E-state index in [0.717, 1.165) is 5.56 Å². The number of pyridine rings is 1. The van der Waals surface area contributed by atoms with Gasteiger partial charge < -0.3 is 9.84 Å². The van der Waals surface area contributed by atoms with Crippen molar-refractivity contribution in [3.63, 3.8) is 0 Å². The Morgan fingerprint density at radius 2 is 2.23 bits per heavy atom. The summed E-state index contributed by atoms with van der Waals surface area (Å²) in [4.78, 5) is 14.6. The molecule has 0 spiro atoms. The van der Waals surface area contributed by atoms with Gasteiger partial charge in [-0.2, -0.15) is 0 Å². The van der Waals surface area contributed by atoms with Crippen LogP contribution in [0, 0.1) is 0 Å². The maximum Gasteiger partial charge on any atom is 0.335 e. The summed E-state index contributed by atoms with van der Waals surface area (Å²) in [5.74, 6) is -0.614. The molecule has 0 aliphatic carbocycles. The van der Waals surface area contributed by atoms with E-state index in [0.29, 0.717) is 0 Å². The lowest BCUT2D eigenvalue weighted by Gasteiger charge is -2.07. The summed E-state index contributed by atoms with van der Waals surface area (Å²) in [6.07, 6.45) is 2.39. The number of methoxy groups -OCH3 is 1. The maximum absolute atomic E-state index is 10.8. The lowest BCUT2D eigenvalue weighted by atomic mass is 10.1. The molecule has 0 fully saturated rings. The zero-order valence-corrected chi connectivity index (χ0v) is 7.30. The summed E-state index contributed by atoms with van der Waals surface area (Å²) in [6, 6.07) is 3.48. The second-order valence-corrected chi connectivity index (χ2v) is 2.60. The number of rotatable bonds is 3. The van der Waals surface area contributed by atoms with Crippen molar-refractivity contribution in [2.24, 2.45) is 0 Å². The predicted molar refractivity (Wildman–Crippen MR) is 46.0 cm³/mol. The first-order valence-corrected chi connectivity index (χ1v) is 3.89. The van der Waals surface area contributed by atoms with Crippen LogP contribution in [-0.4, -0.2) is 29.3 Å². The number of carbonyl (C=O) groups is 1. The van der Waals surface area contributed by atoms with E-state index in [1.807, 2.05) is 0 Å². The summed E-state index contributed by atoms with van der Waals surface area (Å²) < 4.78 is 4.38. The predicted octanol–water partition coefficient (Wildman–Crippen LogP) is 0.158. The van der Waals surface area contributed by atoms with Gasteiger partial charge in [-0.05, 0) is 17.7 Å². The molecule has 1 atom stereocenters. The van der Waals surface area contributed by atoms with Crippen molar-refractivity contribution in [1.29, 1.82) is 0 Å². The minimum Gasteiger partial charge on any atom is -0.467 e. The molecule has 1 aromatic heterocycles. The summed E-state index contributed by atoms with van der Waals surface area (Å²) in [7, 11) is 1.25. The van der Waals surface area contributed by atoms with Crippen molar-refractivity contribution in [3.8, 4) is 0 Å². The van der Waals surface area contributed by atoms with Gasteiger partial charge in [-0.15, -0.1) is 0 Å². The largest absolute Gasteiger partial charge is 0.467 e. The van der Waals surface area contributed by atoms with Gasteiger partial charge >= 0.3 is 5.97 Å². The molecule has 4 nitrogen and oxygen atoms in total. The Balaban J connectivity index is 2.55. The van der Waals surface area contributed by atoms with E-state index in [9.17, 15) is 9.90 Å². The topological polar surface area (TPSA) is 59.4 Å². The fourth-order valence-corrected chi connectivity index (χ4v) is 0.962. The van der Waals surface area contributed by atoms with Crippen LogP contribution in [0.15, 0.2) is 24.5 Å². The van der Waals surface area contributed by atoms with Crippen molar-refractivity contribution in [2.45, 2.75) is 12.5 Å². The van der Waals surface area contributed by atoms with Crippen molar-refractivity contribution in [3.05, 3.63) is 30.1 Å². The standard InChI is InChI=1S/C9H11NO3/c1-13-9(12)8(11)6-7-2-4-10-5-3-7/h2-5,8,11H,6H2,1H3/t8-/m1/s1. The molecule has 0 aromatic carbocycles. The van der Waals surface area contributed by atoms with Crippen molar-refractivity contribution in [1.82, 2.24) is 4.98 Å². The van der Waals surface area contributed by atoms with Crippen molar-refractivity contribution >= 4 is 5.97 Å². The molecule has 0 saturated carbocycles. The molecule has 1 aromatic rings. The number of aliphatic hydroxyl groups excluding tert-OH is 1. The number of nitrogens with zero attached hydrogens (tertiary/aromatic N) is 1. The van der Waals surface area contributed by atoms with Gasteiger partial charge in [-0.3, -0.25) is 4.98 Å². The summed E-state index contributed by atoms with van der Waals surface area (Å²) in [5, 5.41) is 9.28. The maximum atomic E-state index is 10.8. The normalized spacial score (nSPS) is 12.2. The third-order valence-electron chi connectivity index (χ3n) is 1.65. The van der Waals surface area contributed by atoms with E-state index in [2.05, 4.69) is 9.72 Å². The number of aliphatic hydroxyl groups is 1. The van der Waals surface area contributed by atoms with Gasteiger partial charge in [-0.1, -0.05) is 0 Å². The SMILES string of the molecule is COC(=O)[C@H](O)Cc1ccncc1. The Labute approximate surface area is 76.2 Å². The van der Waals surface area contributed by atoms with Crippen LogP contribution in [0.25, 0.3) is 0 Å². The Morgan fingerprint density at radius 3 is 2.77 bits per heavy atom. The Morgan fingerprint density at radius 1 is 1.62 bits per heavy atom. The van der Waals surface area contributed by atoms with E-state index in [1.165, 1.54) is 7.11 Å². The highest BCUT2D eigenvalue weighted by molar-refractivity contribution is 5.74. The minimum absolute atomic E-state index is 0.259. The molecule has 0 radical (unpaired) electrons. The smallest absolute Gasteiger partial charge is 0.335 e. The van der Waals surface area contributed by atoms with Gasteiger partial charge in [0.25, 0.3) is 0 Å². The Hall–Kier alpha value is -1.42. The number of aromatic nitrogens is 1. The molecule has 0 aliphatic heterocycles. The van der Waals surface area contributed by atoms with Crippen molar-refractivity contribution < 1.29 is 14.6 Å². The highest BCUT2D eigenvalue weighted by Crippen LogP contribution is 2.02. The average Bonchev–Trinajstić information content (AvgIpc) is 2.18. The first-order chi connectivity index (χ1) is 6.24. The second-order valence-electron chi connectivity index (χ2n) is 2.60. The Kier molecular flexibility index (Phi) is 3.40. The summed E-state index contributed by atoms with van der Waals surface area (Å²) >= 11 is 0. The lowest BCUT2D eigenvalue weighted by molar-refractivity contribution is -0.150. The number of ether oxygens (including phenoxy) is 1. The molecular formula is C9H11NO3. The van der Waals surface area contributed by atoms with Crippen LogP contribution >= 0.6 is 0 Å². The van der Waals surface area contributed by atoms with Crippen LogP contribution in [0.5, 0.6) is 0 Å². The van der Waals surface area contributed by atoms with Gasteiger partial charge in [0.15, 0.2) is 6.10 Å². The van der Waals surface area contributed by atoms with Gasteiger partial charge in [0.1, 0.15) is 0 Å². The fourth-order valence-electron chi connectivity index (χ4n) is 0.962. The molecule has 1 heterocycles. The quantitative estimate of drug-likeness (QED) is 0.675. The first kappa shape index (κ1) is 9.67. The number of hydrogen-bond acceptors (Lipinski definition) is 4. The van der Waals surface area contributed by atoms with Crippen LogP contribution in [-0.2, 0) is 16.0 Å². The summed E-state index contributed by atoms with van der Waals surface area (Å²) in [6.45, 7) is 0. The molecular weight excluding hydrogens is 170 g/mol. The third kappa shape index (κ3) is 2.83. The summed E-state index contributed by atoms with van der Waals surface area (Å²) in [5.41, 5.74) is 0.855. The number of esters is 1. The Bertz CT molecular complexity index is 273. The van der Waals surface area contributed by atoms with Crippen LogP contribution in [0.4, 0.5) is 0 Å². The monoisotopic (exact) mass is 181 g/mol. The second kappa shape index (κ2) is 4.57. The molecule has 0 amide bonds. The zero-order valence-electron chi connectivity index (χ0n) is 7.30. The molecule has 1 rings (SSSR count). The van der Waals surface area contributed by atoms with E-state index >= 15 is 0 Å². The minimum atomic E-state index is -1.09. The zero-order chi connectivity index (χ0) is 9.68. The van der Waals surface area contributed by atoms with E-state index in [-0.39, 0.29) is 6.42 Å². The third-order valence-corrected chi connectivity index (χ3v) is 1.65. The molecule has 0 bridgehead atoms. The van der Waals surface area contributed by atoms with Gasteiger partial charge in [0.05, 0.1) is 7.11 Å². The van der Waals surface area contributed by atoms with Crippen LogP contribution in [0.1, 0.15) is 5.56 Å². The van der Waals surface area contributed by atoms with E-state index < -0.39 is 12.1 Å². The van der Waals surface area contributed by atoms with E-state index in [1.54, 1.807) is 24.5 Å². The average molecular weight is 181 g/mol. The lowest BCUT2D eigenvalue weighted by Crippen LogP contribution is -2.24. The molecule has 4 heteroatoms. The van der Waals surface area contributed by atoms with Crippen LogP contribution < -0.4 is 0 Å². The van der Waals surface area contributed by atoms with E-state index in [4.69, 9.17) is 0 Å². The molecule has 1 N–H and O–H groups in total. The number of hydrogen-bond donors (Lipinski definition) is 1.